The summed E-state index contributed by atoms with van der Waals surface area (Å²) < 4.78 is 22.2. The van der Waals surface area contributed by atoms with Gasteiger partial charge >= 0.3 is 0 Å². The summed E-state index contributed by atoms with van der Waals surface area (Å²) in [5.41, 5.74) is 2.16. The summed E-state index contributed by atoms with van der Waals surface area (Å²) in [4.78, 5) is 25.2. The van der Waals surface area contributed by atoms with E-state index in [-0.39, 0.29) is 17.8 Å². The van der Waals surface area contributed by atoms with Gasteiger partial charge in [-0.25, -0.2) is 0 Å². The van der Waals surface area contributed by atoms with Crippen molar-refractivity contribution in [2.45, 2.75) is 13.8 Å². The van der Waals surface area contributed by atoms with Gasteiger partial charge in [-0.3, -0.25) is 9.59 Å². The Bertz CT molecular complexity index is 1590. The first-order chi connectivity index (χ1) is 17.5. The molecule has 2 heterocycles. The molecule has 0 unspecified atom stereocenters. The first kappa shape index (κ1) is 22.9. The average Bonchev–Trinajstić information content (AvgIpc) is 3.30. The van der Waals surface area contributed by atoms with Crippen LogP contribution in [0.1, 0.15) is 11.5 Å². The van der Waals surface area contributed by atoms with Crippen LogP contribution in [0.15, 0.2) is 92.6 Å². The zero-order valence-corrected chi connectivity index (χ0v) is 19.6. The van der Waals surface area contributed by atoms with Crippen molar-refractivity contribution in [2.75, 3.05) is 11.9 Å². The second kappa shape index (κ2) is 9.79. The van der Waals surface area contributed by atoms with Crippen molar-refractivity contribution in [3.05, 3.63) is 101 Å². The van der Waals surface area contributed by atoms with Crippen molar-refractivity contribution in [3.8, 4) is 28.4 Å². The summed E-state index contributed by atoms with van der Waals surface area (Å²) in [5.74, 6) is 1.84. The first-order valence-corrected chi connectivity index (χ1v) is 11.2. The van der Waals surface area contributed by atoms with Gasteiger partial charge in [0.05, 0.1) is 5.39 Å². The van der Waals surface area contributed by atoms with E-state index in [1.807, 2.05) is 54.6 Å². The molecule has 0 saturated heterocycles. The molecule has 1 amide bonds. The van der Waals surface area contributed by atoms with Crippen LogP contribution in [0.4, 0.5) is 5.82 Å². The number of rotatable bonds is 7. The quantitative estimate of drug-likeness (QED) is 0.309. The van der Waals surface area contributed by atoms with Crippen LogP contribution in [0.5, 0.6) is 17.2 Å². The second-order valence-corrected chi connectivity index (χ2v) is 8.13. The van der Waals surface area contributed by atoms with E-state index >= 15 is 0 Å². The van der Waals surface area contributed by atoms with Gasteiger partial charge in [-0.1, -0.05) is 47.6 Å². The van der Waals surface area contributed by atoms with E-state index in [0.717, 1.165) is 11.1 Å². The molecule has 0 bridgehead atoms. The highest BCUT2D eigenvalue weighted by Crippen LogP contribution is 2.29. The lowest BCUT2D eigenvalue weighted by Crippen LogP contribution is -2.20. The fourth-order valence-corrected chi connectivity index (χ4v) is 3.69. The molecule has 0 radical (unpaired) electrons. The number of nitrogens with one attached hydrogen (secondary N) is 1. The van der Waals surface area contributed by atoms with Crippen LogP contribution < -0.4 is 20.2 Å². The van der Waals surface area contributed by atoms with E-state index in [1.54, 1.807) is 38.1 Å². The number of hydrogen-bond donors (Lipinski definition) is 1. The molecule has 0 atom stereocenters. The molecule has 0 aliphatic heterocycles. The van der Waals surface area contributed by atoms with Crippen LogP contribution in [0.2, 0.25) is 0 Å². The predicted molar refractivity (Wildman–Crippen MR) is 135 cm³/mol. The van der Waals surface area contributed by atoms with Gasteiger partial charge in [-0.05, 0) is 49.2 Å². The summed E-state index contributed by atoms with van der Waals surface area (Å²) in [6, 6.07) is 23.8. The molecule has 0 fully saturated rings. The topological polar surface area (TPSA) is 104 Å². The van der Waals surface area contributed by atoms with Crippen molar-refractivity contribution < 1.29 is 23.2 Å². The van der Waals surface area contributed by atoms with Crippen LogP contribution in [-0.2, 0) is 4.79 Å². The van der Waals surface area contributed by atoms with Gasteiger partial charge < -0.3 is 23.7 Å². The Morgan fingerprint density at radius 2 is 1.64 bits per heavy atom. The number of anilines is 1. The van der Waals surface area contributed by atoms with Crippen molar-refractivity contribution >= 4 is 22.7 Å². The fraction of sp³-hybridized carbons (Fsp3) is 0.107. The summed E-state index contributed by atoms with van der Waals surface area (Å²) in [5, 5.41) is 6.62. The Morgan fingerprint density at radius 1 is 0.917 bits per heavy atom. The molecule has 5 rings (SSSR count). The maximum atomic E-state index is 13.1. The maximum Gasteiger partial charge on any atom is 0.263 e. The highest BCUT2D eigenvalue weighted by Gasteiger charge is 2.15. The number of carbonyl (C=O) groups excluding carboxylic acids is 1. The molecule has 0 aliphatic rings. The third-order valence-corrected chi connectivity index (χ3v) is 5.43. The van der Waals surface area contributed by atoms with Gasteiger partial charge in [0.25, 0.3) is 5.91 Å². The van der Waals surface area contributed by atoms with Gasteiger partial charge in [-0.2, -0.15) is 0 Å². The molecule has 180 valence electrons. The minimum atomic E-state index is -0.400. The third kappa shape index (κ3) is 4.97. The van der Waals surface area contributed by atoms with Gasteiger partial charge in [0.2, 0.25) is 11.2 Å². The largest absolute Gasteiger partial charge is 0.484 e. The number of hydrogen-bond acceptors (Lipinski definition) is 7. The second-order valence-electron chi connectivity index (χ2n) is 8.13. The number of aryl methyl sites for hydroxylation is 2. The maximum absolute atomic E-state index is 13.1. The normalized spacial score (nSPS) is 10.8. The van der Waals surface area contributed by atoms with E-state index in [4.69, 9.17) is 18.4 Å². The van der Waals surface area contributed by atoms with Crippen molar-refractivity contribution in [3.63, 3.8) is 0 Å². The summed E-state index contributed by atoms with van der Waals surface area (Å²) >= 11 is 0. The van der Waals surface area contributed by atoms with Crippen LogP contribution in [0, 0.1) is 13.8 Å². The number of benzene rings is 3. The van der Waals surface area contributed by atoms with Crippen LogP contribution in [0.3, 0.4) is 0 Å². The first-order valence-electron chi connectivity index (χ1n) is 11.2. The van der Waals surface area contributed by atoms with Crippen LogP contribution >= 0.6 is 0 Å². The highest BCUT2D eigenvalue weighted by molar-refractivity contribution is 5.91. The molecule has 3 aromatic carbocycles. The number of nitrogens with zero attached hydrogens (tertiary/aromatic N) is 1. The van der Waals surface area contributed by atoms with Crippen molar-refractivity contribution in [1.29, 1.82) is 0 Å². The lowest BCUT2D eigenvalue weighted by Gasteiger charge is -2.11. The molecule has 8 nitrogen and oxygen atoms in total. The van der Waals surface area contributed by atoms with Crippen molar-refractivity contribution in [1.82, 2.24) is 5.16 Å². The molecule has 36 heavy (non-hydrogen) atoms. The van der Waals surface area contributed by atoms with E-state index < -0.39 is 5.91 Å². The summed E-state index contributed by atoms with van der Waals surface area (Å²) in [6.45, 7) is 3.14. The lowest BCUT2D eigenvalue weighted by atomic mass is 10.1. The van der Waals surface area contributed by atoms with Crippen molar-refractivity contribution in [2.24, 2.45) is 0 Å². The summed E-state index contributed by atoms with van der Waals surface area (Å²) in [6.07, 6.45) is 0. The van der Waals surface area contributed by atoms with E-state index in [9.17, 15) is 9.59 Å². The van der Waals surface area contributed by atoms with E-state index in [0.29, 0.717) is 39.8 Å². The number of ether oxygens (including phenoxy) is 2. The van der Waals surface area contributed by atoms with Gasteiger partial charge in [0.1, 0.15) is 28.6 Å². The Balaban J connectivity index is 1.30. The zero-order chi connectivity index (χ0) is 25.1. The molecule has 8 heteroatoms. The molecule has 0 aliphatic carbocycles. The Morgan fingerprint density at radius 3 is 2.36 bits per heavy atom. The van der Waals surface area contributed by atoms with E-state index in [1.165, 1.54) is 0 Å². The molecular formula is C28H22N2O6. The Labute approximate surface area is 206 Å². The number of amides is 1. The molecular weight excluding hydrogens is 460 g/mol. The average molecular weight is 482 g/mol. The fourth-order valence-electron chi connectivity index (χ4n) is 3.69. The Hall–Kier alpha value is -4.85. The van der Waals surface area contributed by atoms with Gasteiger partial charge in [0.15, 0.2) is 12.4 Å². The number of carbonyl (C=O) groups is 1. The molecule has 2 aromatic heterocycles. The monoisotopic (exact) mass is 482 g/mol. The van der Waals surface area contributed by atoms with Crippen LogP contribution in [0.25, 0.3) is 22.1 Å². The van der Waals surface area contributed by atoms with E-state index in [2.05, 4.69) is 10.5 Å². The van der Waals surface area contributed by atoms with Gasteiger partial charge in [0, 0.05) is 12.1 Å². The number of aromatic nitrogens is 1. The summed E-state index contributed by atoms with van der Waals surface area (Å²) in [7, 11) is 0. The highest BCUT2D eigenvalue weighted by atomic mass is 16.5. The Kier molecular flexibility index (Phi) is 6.23. The minimum absolute atomic E-state index is 0.117. The van der Waals surface area contributed by atoms with Gasteiger partial charge in [-0.15, -0.1) is 0 Å². The lowest BCUT2D eigenvalue weighted by molar-refractivity contribution is -0.118. The number of fused-ring (bicyclic) bond motifs is 1. The smallest absolute Gasteiger partial charge is 0.263 e. The zero-order valence-electron chi connectivity index (χ0n) is 19.6. The molecule has 0 saturated carbocycles. The molecule has 1 N–H and O–H groups in total. The third-order valence-electron chi connectivity index (χ3n) is 5.43. The molecule has 0 spiro atoms. The molecule has 5 aromatic rings. The SMILES string of the molecule is Cc1cc(NC(=O)COc2ccc3c(=O)c(Oc4ccc(-c5ccccc5)cc4)c(C)oc3c2)no1. The minimum Gasteiger partial charge on any atom is -0.484 e. The van der Waals surface area contributed by atoms with Crippen LogP contribution in [-0.4, -0.2) is 17.7 Å². The standard InChI is InChI=1S/C28H22N2O6/c1-17-14-25(30-36-17)29-26(31)16-33-22-12-13-23-24(15-22)34-18(2)28(27(23)32)35-21-10-8-20(9-11-21)19-6-4-3-5-7-19/h3-15H,16H2,1-2H3,(H,29,30,31). The predicted octanol–water partition coefficient (Wildman–Crippen LogP) is 5.87.